The van der Waals surface area contributed by atoms with E-state index in [2.05, 4.69) is 11.1 Å². The lowest BCUT2D eigenvalue weighted by atomic mass is 10.1. The molecule has 0 spiro atoms. The summed E-state index contributed by atoms with van der Waals surface area (Å²) < 4.78 is 10.3. The average Bonchev–Trinajstić information content (AvgIpc) is 3.15. The van der Waals surface area contributed by atoms with Crippen LogP contribution in [0.4, 0.5) is 0 Å². The Morgan fingerprint density at radius 3 is 2.55 bits per heavy atom. The number of ether oxygens (including phenoxy) is 2. The monoisotopic (exact) mass is 404 g/mol. The molecule has 1 heterocycles. The van der Waals surface area contributed by atoms with Gasteiger partial charge in [0.25, 0.3) is 0 Å². The Morgan fingerprint density at radius 1 is 1.07 bits per heavy atom. The molecule has 144 valence electrons. The van der Waals surface area contributed by atoms with Gasteiger partial charge in [-0.3, -0.25) is 9.59 Å². The molecule has 0 N–H and O–H groups in total. The molecule has 0 aliphatic heterocycles. The Hall–Kier alpha value is -3.76. The van der Waals surface area contributed by atoms with Crippen LogP contribution < -0.4 is 9.47 Å². The first-order valence-corrected chi connectivity index (χ1v) is 9.48. The number of rotatable bonds is 5. The molecule has 6 nitrogen and oxygen atoms in total. The average molecular weight is 404 g/mol. The molecule has 0 atom stereocenters. The van der Waals surface area contributed by atoms with E-state index in [9.17, 15) is 14.9 Å². The number of esters is 2. The van der Waals surface area contributed by atoms with Gasteiger partial charge in [0, 0.05) is 24.8 Å². The van der Waals surface area contributed by atoms with Gasteiger partial charge >= 0.3 is 11.9 Å². The number of benzene rings is 2. The molecule has 0 saturated carbocycles. The van der Waals surface area contributed by atoms with Crippen molar-refractivity contribution in [3.63, 3.8) is 0 Å². The molecule has 0 fully saturated rings. The van der Waals surface area contributed by atoms with E-state index in [-0.39, 0.29) is 0 Å². The minimum atomic E-state index is -0.418. The van der Waals surface area contributed by atoms with E-state index in [0.717, 1.165) is 0 Å². The van der Waals surface area contributed by atoms with Crippen molar-refractivity contribution in [3.05, 3.63) is 64.5 Å². The van der Waals surface area contributed by atoms with Crippen LogP contribution in [0.3, 0.4) is 0 Å². The van der Waals surface area contributed by atoms with Gasteiger partial charge in [0.2, 0.25) is 0 Å². The Labute approximate surface area is 171 Å². The molecule has 3 aromatic rings. The second-order valence-electron chi connectivity index (χ2n) is 5.96. The van der Waals surface area contributed by atoms with E-state index in [1.54, 1.807) is 53.9 Å². The van der Waals surface area contributed by atoms with Crippen LogP contribution in [-0.4, -0.2) is 16.9 Å². The molecule has 0 aliphatic carbocycles. The first kappa shape index (κ1) is 20.0. The quantitative estimate of drug-likeness (QED) is 0.347. The lowest BCUT2D eigenvalue weighted by Crippen LogP contribution is -2.02. The molecule has 0 radical (unpaired) electrons. The fraction of sp³-hybridized carbons (Fsp3) is 0.0909. The van der Waals surface area contributed by atoms with E-state index >= 15 is 0 Å². The predicted octanol–water partition coefficient (Wildman–Crippen LogP) is 4.72. The zero-order chi connectivity index (χ0) is 20.8. The van der Waals surface area contributed by atoms with Gasteiger partial charge in [-0.05, 0) is 35.9 Å². The minimum Gasteiger partial charge on any atom is -0.427 e. The van der Waals surface area contributed by atoms with E-state index in [0.29, 0.717) is 38.9 Å². The number of aromatic nitrogens is 1. The molecule has 3 rings (SSSR count). The summed E-state index contributed by atoms with van der Waals surface area (Å²) >= 11 is 1.31. The predicted molar refractivity (Wildman–Crippen MR) is 110 cm³/mol. The summed E-state index contributed by atoms with van der Waals surface area (Å²) in [5, 5.41) is 11.9. The zero-order valence-electron chi connectivity index (χ0n) is 15.7. The Balaban J connectivity index is 1.93. The van der Waals surface area contributed by atoms with Gasteiger partial charge in [-0.1, -0.05) is 24.3 Å². The summed E-state index contributed by atoms with van der Waals surface area (Å²) in [6.07, 6.45) is 1.67. The van der Waals surface area contributed by atoms with Crippen molar-refractivity contribution >= 4 is 34.9 Å². The topological polar surface area (TPSA) is 89.3 Å². The molecule has 7 heteroatoms. The van der Waals surface area contributed by atoms with Gasteiger partial charge in [0.1, 0.15) is 22.6 Å². The number of hydrogen-bond donors (Lipinski definition) is 0. The number of thiazole rings is 1. The van der Waals surface area contributed by atoms with E-state index in [1.165, 1.54) is 25.2 Å². The fourth-order valence-electron chi connectivity index (χ4n) is 2.59. The van der Waals surface area contributed by atoms with Gasteiger partial charge < -0.3 is 9.47 Å². The third-order valence-corrected chi connectivity index (χ3v) is 4.58. The number of nitriles is 1. The molecule has 29 heavy (non-hydrogen) atoms. The number of para-hydroxylation sites is 1. The SMILES string of the molecule is CC(=O)Oc1cccc(/C=C(/C#N)c2nc(-c3ccccc3OC(C)=O)cs2)c1. The van der Waals surface area contributed by atoms with Crippen LogP contribution in [0, 0.1) is 11.3 Å². The normalized spacial score (nSPS) is 10.9. The summed E-state index contributed by atoms with van der Waals surface area (Å²) in [7, 11) is 0. The maximum atomic E-state index is 11.3. The Kier molecular flexibility index (Phi) is 6.17. The molecule has 0 saturated heterocycles. The van der Waals surface area contributed by atoms with Gasteiger partial charge in [-0.25, -0.2) is 4.98 Å². The lowest BCUT2D eigenvalue weighted by molar-refractivity contribution is -0.132. The summed E-state index contributed by atoms with van der Waals surface area (Å²) in [6.45, 7) is 2.66. The number of nitrogens with zero attached hydrogens (tertiary/aromatic N) is 2. The van der Waals surface area contributed by atoms with Crippen molar-refractivity contribution in [1.29, 1.82) is 5.26 Å². The second kappa shape index (κ2) is 8.95. The number of carbonyl (C=O) groups excluding carboxylic acids is 2. The highest BCUT2D eigenvalue weighted by Gasteiger charge is 2.14. The van der Waals surface area contributed by atoms with Crippen molar-refractivity contribution in [3.8, 4) is 28.8 Å². The smallest absolute Gasteiger partial charge is 0.308 e. The Bertz CT molecular complexity index is 1140. The minimum absolute atomic E-state index is 0.367. The standard InChI is InChI=1S/C22H16N2O4S/c1-14(25)27-18-7-5-6-16(11-18)10-17(12-23)22-24-20(13-29-22)19-8-3-4-9-21(19)28-15(2)26/h3-11,13H,1-2H3/b17-10-. The zero-order valence-corrected chi connectivity index (χ0v) is 16.5. The highest BCUT2D eigenvalue weighted by atomic mass is 32.1. The number of carbonyl (C=O) groups is 2. The molecule has 0 amide bonds. The van der Waals surface area contributed by atoms with E-state index < -0.39 is 11.9 Å². The van der Waals surface area contributed by atoms with Gasteiger partial charge in [0.05, 0.1) is 11.3 Å². The van der Waals surface area contributed by atoms with E-state index in [1.807, 2.05) is 6.07 Å². The Morgan fingerprint density at radius 2 is 1.83 bits per heavy atom. The molecule has 0 unspecified atom stereocenters. The third-order valence-electron chi connectivity index (χ3n) is 3.70. The van der Waals surface area contributed by atoms with Crippen LogP contribution in [-0.2, 0) is 9.59 Å². The van der Waals surface area contributed by atoms with Gasteiger partial charge in [0.15, 0.2) is 0 Å². The lowest BCUT2D eigenvalue weighted by Gasteiger charge is -2.06. The number of allylic oxidation sites excluding steroid dienone is 1. The van der Waals surface area contributed by atoms with Crippen LogP contribution in [0.1, 0.15) is 24.4 Å². The van der Waals surface area contributed by atoms with Crippen LogP contribution in [0.2, 0.25) is 0 Å². The van der Waals surface area contributed by atoms with Crippen molar-refractivity contribution < 1.29 is 19.1 Å². The van der Waals surface area contributed by atoms with Crippen molar-refractivity contribution in [2.24, 2.45) is 0 Å². The molecule has 1 aromatic heterocycles. The van der Waals surface area contributed by atoms with Crippen molar-refractivity contribution in [2.45, 2.75) is 13.8 Å². The first-order valence-electron chi connectivity index (χ1n) is 8.60. The molecule has 2 aromatic carbocycles. The first-order chi connectivity index (χ1) is 14.0. The largest absolute Gasteiger partial charge is 0.427 e. The summed E-state index contributed by atoms with van der Waals surface area (Å²) in [6, 6.07) is 16.1. The molecule has 0 bridgehead atoms. The van der Waals surface area contributed by atoms with Gasteiger partial charge in [-0.2, -0.15) is 5.26 Å². The maximum Gasteiger partial charge on any atom is 0.308 e. The highest BCUT2D eigenvalue weighted by Crippen LogP contribution is 2.33. The maximum absolute atomic E-state index is 11.3. The van der Waals surface area contributed by atoms with Crippen LogP contribution >= 0.6 is 11.3 Å². The summed E-state index contributed by atoms with van der Waals surface area (Å²) in [4.78, 5) is 27.0. The fourth-order valence-corrected chi connectivity index (χ4v) is 3.37. The third kappa shape index (κ3) is 5.15. The summed E-state index contributed by atoms with van der Waals surface area (Å²) in [5.41, 5.74) is 2.35. The number of hydrogen-bond acceptors (Lipinski definition) is 7. The van der Waals surface area contributed by atoms with Crippen LogP contribution in [0.15, 0.2) is 53.9 Å². The molecule has 0 aliphatic rings. The van der Waals surface area contributed by atoms with Crippen molar-refractivity contribution in [1.82, 2.24) is 4.98 Å². The van der Waals surface area contributed by atoms with Crippen molar-refractivity contribution in [2.75, 3.05) is 0 Å². The molecular formula is C22H16N2O4S. The molecular weight excluding hydrogens is 388 g/mol. The summed E-state index contributed by atoms with van der Waals surface area (Å²) in [5.74, 6) is -0.0204. The highest BCUT2D eigenvalue weighted by molar-refractivity contribution is 7.11. The second-order valence-corrected chi connectivity index (χ2v) is 6.82. The van der Waals surface area contributed by atoms with Crippen LogP contribution in [0.5, 0.6) is 11.5 Å². The van der Waals surface area contributed by atoms with E-state index in [4.69, 9.17) is 9.47 Å². The van der Waals surface area contributed by atoms with Gasteiger partial charge in [-0.15, -0.1) is 11.3 Å². The van der Waals surface area contributed by atoms with Crippen LogP contribution in [0.25, 0.3) is 22.9 Å².